The van der Waals surface area contributed by atoms with Gasteiger partial charge in [0.1, 0.15) is 11.5 Å². The number of carbonyl (C=O) groups is 3. The van der Waals surface area contributed by atoms with Crippen molar-refractivity contribution in [1.29, 1.82) is 0 Å². The summed E-state index contributed by atoms with van der Waals surface area (Å²) in [4.78, 5) is 45.2. The van der Waals surface area contributed by atoms with Crippen LogP contribution in [0.2, 0.25) is 0 Å². The number of ketones is 2. The molecule has 4 aromatic rings. The second-order valence-electron chi connectivity index (χ2n) is 10.0. The van der Waals surface area contributed by atoms with Crippen molar-refractivity contribution in [2.45, 2.75) is 17.5 Å². The molecule has 1 spiro atoms. The van der Waals surface area contributed by atoms with Gasteiger partial charge in [0.2, 0.25) is 5.91 Å². The smallest absolute Gasteiger partial charge is 0.238 e. The summed E-state index contributed by atoms with van der Waals surface area (Å²) in [6.45, 7) is 0. The van der Waals surface area contributed by atoms with Gasteiger partial charge in [-0.1, -0.05) is 103 Å². The number of rotatable bonds is 4. The van der Waals surface area contributed by atoms with Crippen LogP contribution in [0, 0.1) is 5.92 Å². The zero-order valence-corrected chi connectivity index (χ0v) is 20.5. The van der Waals surface area contributed by atoms with Crippen LogP contribution in [-0.4, -0.2) is 28.4 Å². The Bertz CT molecular complexity index is 1630. The van der Waals surface area contributed by atoms with Crippen molar-refractivity contribution in [2.75, 3.05) is 5.32 Å². The summed E-state index contributed by atoms with van der Waals surface area (Å²) in [7, 11) is 0. The third-order valence-electron chi connectivity index (χ3n) is 8.24. The van der Waals surface area contributed by atoms with Crippen molar-refractivity contribution in [2.24, 2.45) is 5.92 Å². The highest BCUT2D eigenvalue weighted by molar-refractivity contribution is 6.16. The SMILES string of the molecule is O=C(c1ccccc1)[C@H]1[C@H](C(=O)c2ccccc2)[C@]2(C(=O)Nc3ccccc32)[C@@H]2c3ccccc3C=CN21. The van der Waals surface area contributed by atoms with Gasteiger partial charge in [-0.15, -0.1) is 0 Å². The van der Waals surface area contributed by atoms with Gasteiger partial charge in [0.15, 0.2) is 11.6 Å². The maximum atomic E-state index is 14.6. The maximum absolute atomic E-state index is 14.6. The van der Waals surface area contributed by atoms with E-state index in [1.165, 1.54) is 0 Å². The van der Waals surface area contributed by atoms with Crippen LogP contribution in [0.5, 0.6) is 0 Å². The molecule has 0 unspecified atom stereocenters. The van der Waals surface area contributed by atoms with Gasteiger partial charge >= 0.3 is 0 Å². The highest BCUT2D eigenvalue weighted by atomic mass is 16.2. The lowest BCUT2D eigenvalue weighted by molar-refractivity contribution is -0.122. The predicted octanol–water partition coefficient (Wildman–Crippen LogP) is 5.67. The molecule has 0 radical (unpaired) electrons. The largest absolute Gasteiger partial charge is 0.358 e. The Morgan fingerprint density at radius 3 is 2.05 bits per heavy atom. The van der Waals surface area contributed by atoms with Crippen molar-refractivity contribution in [3.63, 3.8) is 0 Å². The van der Waals surface area contributed by atoms with Gasteiger partial charge in [-0.3, -0.25) is 14.4 Å². The fraction of sp³-hybridized carbons (Fsp3) is 0.121. The Balaban J connectivity index is 1.55. The molecule has 1 N–H and O–H groups in total. The van der Waals surface area contributed by atoms with Gasteiger partial charge in [-0.2, -0.15) is 0 Å². The molecule has 3 aliphatic rings. The van der Waals surface area contributed by atoms with E-state index in [-0.39, 0.29) is 17.5 Å². The Kier molecular flexibility index (Phi) is 4.95. The molecule has 0 bridgehead atoms. The summed E-state index contributed by atoms with van der Waals surface area (Å²) in [5.74, 6) is -1.60. The molecule has 1 amide bonds. The predicted molar refractivity (Wildman–Crippen MR) is 146 cm³/mol. The number of nitrogens with zero attached hydrogens (tertiary/aromatic N) is 1. The fourth-order valence-electron chi connectivity index (χ4n) is 6.72. The molecule has 3 heterocycles. The molecule has 0 saturated carbocycles. The van der Waals surface area contributed by atoms with E-state index in [0.717, 1.165) is 16.7 Å². The van der Waals surface area contributed by atoms with Crippen LogP contribution in [0.15, 0.2) is 115 Å². The molecule has 7 rings (SSSR count). The molecule has 3 aliphatic heterocycles. The normalized spacial score (nSPS) is 24.5. The number of anilines is 1. The average Bonchev–Trinajstić information content (AvgIpc) is 3.45. The number of hydrogen-bond donors (Lipinski definition) is 1. The number of Topliss-reactive ketones (excluding diaryl/α,β-unsaturated/α-hetero) is 2. The first kappa shape index (κ1) is 22.4. The Morgan fingerprint density at radius 1 is 0.711 bits per heavy atom. The minimum Gasteiger partial charge on any atom is -0.358 e. The number of para-hydroxylation sites is 1. The van der Waals surface area contributed by atoms with Crippen molar-refractivity contribution in [3.05, 3.63) is 143 Å². The topological polar surface area (TPSA) is 66.5 Å². The van der Waals surface area contributed by atoms with Crippen LogP contribution in [0.25, 0.3) is 6.08 Å². The number of hydrogen-bond acceptors (Lipinski definition) is 4. The molecule has 1 fully saturated rings. The third kappa shape index (κ3) is 2.96. The van der Waals surface area contributed by atoms with Crippen LogP contribution in [0.4, 0.5) is 5.69 Å². The van der Waals surface area contributed by atoms with Crippen molar-refractivity contribution >= 4 is 29.2 Å². The lowest BCUT2D eigenvalue weighted by atomic mass is 9.62. The zero-order chi connectivity index (χ0) is 25.9. The highest BCUT2D eigenvalue weighted by Gasteiger charge is 2.70. The first-order chi connectivity index (χ1) is 18.6. The molecule has 5 nitrogen and oxygen atoms in total. The van der Waals surface area contributed by atoms with E-state index in [2.05, 4.69) is 5.32 Å². The average molecular weight is 497 g/mol. The number of nitrogens with one attached hydrogen (secondary N) is 1. The first-order valence-corrected chi connectivity index (χ1v) is 12.8. The quantitative estimate of drug-likeness (QED) is 0.370. The van der Waals surface area contributed by atoms with Crippen molar-refractivity contribution in [1.82, 2.24) is 4.90 Å². The van der Waals surface area contributed by atoms with Crippen LogP contribution in [0.1, 0.15) is 43.4 Å². The summed E-state index contributed by atoms with van der Waals surface area (Å²) >= 11 is 0. The van der Waals surface area contributed by atoms with Gasteiger partial charge < -0.3 is 10.2 Å². The minimum atomic E-state index is -1.31. The molecule has 38 heavy (non-hydrogen) atoms. The van der Waals surface area contributed by atoms with E-state index < -0.39 is 23.4 Å². The molecular formula is C33H24N2O3. The zero-order valence-electron chi connectivity index (χ0n) is 20.5. The maximum Gasteiger partial charge on any atom is 0.238 e. The summed E-state index contributed by atoms with van der Waals surface area (Å²) in [6.07, 6.45) is 3.87. The lowest BCUT2D eigenvalue weighted by Gasteiger charge is -2.38. The molecule has 1 saturated heterocycles. The summed E-state index contributed by atoms with van der Waals surface area (Å²) in [6, 6.07) is 32.1. The number of amides is 1. The summed E-state index contributed by atoms with van der Waals surface area (Å²) < 4.78 is 0. The second kappa shape index (κ2) is 8.38. The van der Waals surface area contributed by atoms with E-state index in [0.29, 0.717) is 16.8 Å². The monoisotopic (exact) mass is 496 g/mol. The van der Waals surface area contributed by atoms with Crippen molar-refractivity contribution in [3.8, 4) is 0 Å². The third-order valence-corrected chi connectivity index (χ3v) is 8.24. The van der Waals surface area contributed by atoms with Gasteiger partial charge in [0.25, 0.3) is 0 Å². The summed E-state index contributed by atoms with van der Waals surface area (Å²) in [5.41, 5.74) is 3.03. The molecule has 184 valence electrons. The molecule has 4 aromatic carbocycles. The Morgan fingerprint density at radius 2 is 1.32 bits per heavy atom. The molecule has 0 aromatic heterocycles. The summed E-state index contributed by atoms with van der Waals surface area (Å²) in [5, 5.41) is 3.08. The van der Waals surface area contributed by atoms with Gasteiger partial charge in [-0.05, 0) is 28.8 Å². The van der Waals surface area contributed by atoms with E-state index in [1.54, 1.807) is 24.3 Å². The van der Waals surface area contributed by atoms with Crippen LogP contribution < -0.4 is 5.32 Å². The lowest BCUT2D eigenvalue weighted by Crippen LogP contribution is -2.49. The minimum absolute atomic E-state index is 0.178. The van der Waals surface area contributed by atoms with Crippen LogP contribution in [-0.2, 0) is 10.2 Å². The van der Waals surface area contributed by atoms with Crippen LogP contribution >= 0.6 is 0 Å². The number of fused-ring (bicyclic) bond motifs is 6. The van der Waals surface area contributed by atoms with Gasteiger partial charge in [0, 0.05) is 23.0 Å². The Labute approximate surface area is 220 Å². The van der Waals surface area contributed by atoms with Crippen LogP contribution in [0.3, 0.4) is 0 Å². The molecular weight excluding hydrogens is 472 g/mol. The van der Waals surface area contributed by atoms with Gasteiger partial charge in [0.05, 0.1) is 12.0 Å². The highest BCUT2D eigenvalue weighted by Crippen LogP contribution is 2.62. The van der Waals surface area contributed by atoms with E-state index in [9.17, 15) is 14.4 Å². The standard InChI is InChI=1S/C33H24N2O3/c36-29(22-12-3-1-4-13-22)27-28(30(37)23-14-5-2-6-15-23)35-20-19-21-11-7-8-16-24(21)31(35)33(27)25-17-9-10-18-26(25)34-32(33)38/h1-20,27-28,31H,(H,34,38)/t27-,28-,31+,33+/m1/s1. The van der Waals surface area contributed by atoms with E-state index in [1.807, 2.05) is 102 Å². The second-order valence-corrected chi connectivity index (χ2v) is 10.0. The van der Waals surface area contributed by atoms with E-state index in [4.69, 9.17) is 0 Å². The molecule has 0 aliphatic carbocycles. The van der Waals surface area contributed by atoms with Gasteiger partial charge in [-0.25, -0.2) is 0 Å². The number of benzene rings is 4. The fourth-order valence-corrected chi connectivity index (χ4v) is 6.72. The molecule has 5 heteroatoms. The Hall–Kier alpha value is -4.77. The molecule has 4 atom stereocenters. The van der Waals surface area contributed by atoms with Crippen molar-refractivity contribution < 1.29 is 14.4 Å². The van der Waals surface area contributed by atoms with E-state index >= 15 is 0 Å². The first-order valence-electron chi connectivity index (χ1n) is 12.8. The number of carbonyl (C=O) groups excluding carboxylic acids is 3.